The lowest BCUT2D eigenvalue weighted by Crippen LogP contribution is -2.26. The van der Waals surface area contributed by atoms with E-state index in [2.05, 4.69) is 15.5 Å². The number of nitrogens with zero attached hydrogens (tertiary/aromatic N) is 2. The van der Waals surface area contributed by atoms with Gasteiger partial charge in [-0.1, -0.05) is 0 Å². The minimum Gasteiger partial charge on any atom is -0.398 e. The smallest absolute Gasteiger partial charge is 0.251 e. The molecule has 0 aliphatic heterocycles. The standard InChI is InChI=1S/C10H11N5O2/c11-7-1-2-10(17)15(5-7)6-9(16)14-8-3-12-13-4-8/h1-5H,6,11H2,(H,12,13)(H,14,16). The molecule has 0 aliphatic rings. The van der Waals surface area contributed by atoms with Crippen molar-refractivity contribution in [1.82, 2.24) is 14.8 Å². The van der Waals surface area contributed by atoms with Crippen molar-refractivity contribution in [2.75, 3.05) is 11.1 Å². The quantitative estimate of drug-likeness (QED) is 0.682. The van der Waals surface area contributed by atoms with Crippen molar-refractivity contribution >= 4 is 17.3 Å². The van der Waals surface area contributed by atoms with E-state index in [9.17, 15) is 9.59 Å². The monoisotopic (exact) mass is 233 g/mol. The maximum Gasteiger partial charge on any atom is 0.251 e. The van der Waals surface area contributed by atoms with Crippen LogP contribution in [0.25, 0.3) is 0 Å². The number of hydrogen-bond acceptors (Lipinski definition) is 4. The first-order valence-corrected chi connectivity index (χ1v) is 4.90. The Hall–Kier alpha value is -2.57. The first kappa shape index (κ1) is 10.9. The van der Waals surface area contributed by atoms with Gasteiger partial charge in [-0.05, 0) is 6.07 Å². The number of nitrogen functional groups attached to an aromatic ring is 1. The first-order valence-electron chi connectivity index (χ1n) is 4.90. The summed E-state index contributed by atoms with van der Waals surface area (Å²) in [4.78, 5) is 23.0. The van der Waals surface area contributed by atoms with Gasteiger partial charge < -0.3 is 15.6 Å². The highest BCUT2D eigenvalue weighted by molar-refractivity contribution is 5.90. The fraction of sp³-hybridized carbons (Fsp3) is 0.100. The molecular weight excluding hydrogens is 222 g/mol. The summed E-state index contributed by atoms with van der Waals surface area (Å²) in [6.45, 7) is -0.0882. The van der Waals surface area contributed by atoms with Crippen molar-refractivity contribution in [3.63, 3.8) is 0 Å². The molecule has 7 heteroatoms. The Balaban J connectivity index is 2.08. The molecule has 0 aromatic carbocycles. The molecule has 2 rings (SSSR count). The molecule has 17 heavy (non-hydrogen) atoms. The average molecular weight is 233 g/mol. The Morgan fingerprint density at radius 1 is 1.53 bits per heavy atom. The summed E-state index contributed by atoms with van der Waals surface area (Å²) in [5.74, 6) is -0.320. The van der Waals surface area contributed by atoms with Crippen molar-refractivity contribution in [2.45, 2.75) is 6.54 Å². The third-order valence-corrected chi connectivity index (χ3v) is 2.10. The van der Waals surface area contributed by atoms with E-state index in [0.29, 0.717) is 11.4 Å². The average Bonchev–Trinajstić information content (AvgIpc) is 2.76. The van der Waals surface area contributed by atoms with Crippen LogP contribution >= 0.6 is 0 Å². The van der Waals surface area contributed by atoms with Crippen LogP contribution in [0.5, 0.6) is 0 Å². The van der Waals surface area contributed by atoms with E-state index in [-0.39, 0.29) is 18.0 Å². The number of H-pyrrole nitrogens is 1. The number of anilines is 2. The molecule has 2 aromatic heterocycles. The van der Waals surface area contributed by atoms with Crippen LogP contribution in [0.15, 0.2) is 35.5 Å². The fourth-order valence-electron chi connectivity index (χ4n) is 1.35. The second-order valence-corrected chi connectivity index (χ2v) is 3.46. The fourth-order valence-corrected chi connectivity index (χ4v) is 1.35. The van der Waals surface area contributed by atoms with E-state index in [0.717, 1.165) is 0 Å². The highest BCUT2D eigenvalue weighted by atomic mass is 16.2. The van der Waals surface area contributed by atoms with Gasteiger partial charge in [0.2, 0.25) is 5.91 Å². The van der Waals surface area contributed by atoms with Crippen molar-refractivity contribution in [2.24, 2.45) is 0 Å². The zero-order valence-corrected chi connectivity index (χ0v) is 8.88. The number of nitrogens with two attached hydrogens (primary N) is 1. The maximum atomic E-state index is 11.6. The van der Waals surface area contributed by atoms with Crippen LogP contribution in [0.2, 0.25) is 0 Å². The molecule has 1 amide bonds. The number of carbonyl (C=O) groups is 1. The van der Waals surface area contributed by atoms with Crippen molar-refractivity contribution in [1.29, 1.82) is 0 Å². The predicted molar refractivity (Wildman–Crippen MR) is 62.3 cm³/mol. The molecule has 0 saturated heterocycles. The van der Waals surface area contributed by atoms with Gasteiger partial charge in [0, 0.05) is 24.1 Å². The van der Waals surface area contributed by atoms with E-state index in [1.165, 1.54) is 29.1 Å². The molecule has 0 saturated carbocycles. The summed E-state index contributed by atoms with van der Waals surface area (Å²) in [6, 6.07) is 2.81. The van der Waals surface area contributed by atoms with Crippen molar-refractivity contribution in [3.05, 3.63) is 41.1 Å². The second kappa shape index (κ2) is 4.52. The van der Waals surface area contributed by atoms with Gasteiger partial charge in [-0.3, -0.25) is 14.7 Å². The molecule has 2 heterocycles. The van der Waals surface area contributed by atoms with Gasteiger partial charge in [-0.2, -0.15) is 5.10 Å². The number of nitrogens with one attached hydrogen (secondary N) is 2. The summed E-state index contributed by atoms with van der Waals surface area (Å²) >= 11 is 0. The molecule has 0 spiro atoms. The molecule has 0 atom stereocenters. The van der Waals surface area contributed by atoms with Gasteiger partial charge in [-0.15, -0.1) is 0 Å². The Labute approximate surface area is 96.3 Å². The largest absolute Gasteiger partial charge is 0.398 e. The topological polar surface area (TPSA) is 106 Å². The minimum atomic E-state index is -0.320. The molecule has 0 radical (unpaired) electrons. The highest BCUT2D eigenvalue weighted by Crippen LogP contribution is 2.01. The van der Waals surface area contributed by atoms with E-state index in [4.69, 9.17) is 5.73 Å². The second-order valence-electron chi connectivity index (χ2n) is 3.46. The third kappa shape index (κ3) is 2.71. The van der Waals surface area contributed by atoms with Gasteiger partial charge in [-0.25, -0.2) is 0 Å². The Morgan fingerprint density at radius 2 is 2.35 bits per heavy atom. The molecule has 2 aromatic rings. The van der Waals surface area contributed by atoms with Crippen LogP contribution in [0.3, 0.4) is 0 Å². The summed E-state index contributed by atoms with van der Waals surface area (Å²) in [5.41, 5.74) is 6.24. The highest BCUT2D eigenvalue weighted by Gasteiger charge is 2.05. The maximum absolute atomic E-state index is 11.6. The van der Waals surface area contributed by atoms with E-state index >= 15 is 0 Å². The molecular formula is C10H11N5O2. The van der Waals surface area contributed by atoms with Crippen LogP contribution in [0, 0.1) is 0 Å². The van der Waals surface area contributed by atoms with Gasteiger partial charge in [0.25, 0.3) is 5.56 Å². The van der Waals surface area contributed by atoms with Crippen LogP contribution in [0.1, 0.15) is 0 Å². The molecule has 88 valence electrons. The summed E-state index contributed by atoms with van der Waals surface area (Å²) in [5, 5.41) is 8.84. The first-order chi connectivity index (χ1) is 8.15. The number of amides is 1. The van der Waals surface area contributed by atoms with E-state index < -0.39 is 0 Å². The molecule has 4 N–H and O–H groups in total. The predicted octanol–water partition coefficient (Wildman–Crippen LogP) is -0.208. The van der Waals surface area contributed by atoms with Crippen LogP contribution < -0.4 is 16.6 Å². The number of aromatic amines is 1. The number of carbonyl (C=O) groups excluding carboxylic acids is 1. The summed E-state index contributed by atoms with van der Waals surface area (Å²) in [7, 11) is 0. The number of aromatic nitrogens is 3. The zero-order chi connectivity index (χ0) is 12.3. The van der Waals surface area contributed by atoms with Crippen LogP contribution in [-0.2, 0) is 11.3 Å². The van der Waals surface area contributed by atoms with E-state index in [1.807, 2.05) is 0 Å². The Morgan fingerprint density at radius 3 is 3.06 bits per heavy atom. The van der Waals surface area contributed by atoms with E-state index in [1.54, 1.807) is 6.20 Å². The lowest BCUT2D eigenvalue weighted by atomic mass is 10.4. The van der Waals surface area contributed by atoms with Gasteiger partial charge in [0.05, 0.1) is 11.9 Å². The Bertz CT molecular complexity index is 573. The molecule has 0 bridgehead atoms. The van der Waals surface area contributed by atoms with Crippen LogP contribution in [-0.4, -0.2) is 20.7 Å². The van der Waals surface area contributed by atoms with Crippen molar-refractivity contribution < 1.29 is 4.79 Å². The summed E-state index contributed by atoms with van der Waals surface area (Å²) in [6.07, 6.45) is 4.44. The van der Waals surface area contributed by atoms with Gasteiger partial charge in [0.1, 0.15) is 6.54 Å². The van der Waals surface area contributed by atoms with Crippen molar-refractivity contribution in [3.8, 4) is 0 Å². The SMILES string of the molecule is Nc1ccc(=O)n(CC(=O)Nc2cn[nH]c2)c1. The third-order valence-electron chi connectivity index (χ3n) is 2.10. The number of pyridine rings is 1. The number of rotatable bonds is 3. The number of hydrogen-bond donors (Lipinski definition) is 3. The van der Waals surface area contributed by atoms with Gasteiger partial charge in [0.15, 0.2) is 0 Å². The molecule has 7 nitrogen and oxygen atoms in total. The Kier molecular flexibility index (Phi) is 2.91. The zero-order valence-electron chi connectivity index (χ0n) is 8.88. The lowest BCUT2D eigenvalue weighted by molar-refractivity contribution is -0.116. The molecule has 0 unspecified atom stereocenters. The molecule has 0 fully saturated rings. The minimum absolute atomic E-state index is 0.0882. The summed E-state index contributed by atoms with van der Waals surface area (Å²) < 4.78 is 1.24. The lowest BCUT2D eigenvalue weighted by Gasteiger charge is -2.06. The van der Waals surface area contributed by atoms with Gasteiger partial charge >= 0.3 is 0 Å². The molecule has 0 aliphatic carbocycles. The van der Waals surface area contributed by atoms with Crippen LogP contribution in [0.4, 0.5) is 11.4 Å². The normalized spacial score (nSPS) is 10.1.